The number of terminal acetylenes is 1. The summed E-state index contributed by atoms with van der Waals surface area (Å²) in [5.41, 5.74) is 5.63. The highest BCUT2D eigenvalue weighted by atomic mass is 15.1. The van der Waals surface area contributed by atoms with E-state index in [1.165, 1.54) is 0 Å². The Morgan fingerprint density at radius 3 is 2.86 bits per heavy atom. The molecule has 14 heavy (non-hydrogen) atoms. The Labute approximate surface area is 83.9 Å². The first-order valence-corrected chi connectivity index (χ1v) is 4.54. The normalized spacial score (nSPS) is 11.7. The first-order chi connectivity index (χ1) is 6.77. The fourth-order valence-corrected chi connectivity index (χ4v) is 1.09. The third-order valence-corrected chi connectivity index (χ3v) is 1.92. The molecule has 74 valence electrons. The molecular formula is C10H14N4. The van der Waals surface area contributed by atoms with Crippen LogP contribution in [0.2, 0.25) is 0 Å². The van der Waals surface area contributed by atoms with Crippen LogP contribution in [0.15, 0.2) is 12.4 Å². The number of nitrogens with zero attached hydrogens (tertiary/aromatic N) is 2. The SMILES string of the molecule is C#CCC(CC)Nc1nccnc1N. The molecule has 1 rings (SSSR count). The second kappa shape index (κ2) is 5.07. The van der Waals surface area contributed by atoms with Gasteiger partial charge >= 0.3 is 0 Å². The Balaban J connectivity index is 2.68. The first-order valence-electron chi connectivity index (χ1n) is 4.54. The van der Waals surface area contributed by atoms with Crippen LogP contribution in [-0.4, -0.2) is 16.0 Å². The Kier molecular flexibility index (Phi) is 3.74. The fourth-order valence-electron chi connectivity index (χ4n) is 1.09. The van der Waals surface area contributed by atoms with Gasteiger partial charge in [-0.2, -0.15) is 0 Å². The Morgan fingerprint density at radius 1 is 1.57 bits per heavy atom. The summed E-state index contributed by atoms with van der Waals surface area (Å²) in [6, 6.07) is 0.207. The van der Waals surface area contributed by atoms with Crippen LogP contribution in [0.25, 0.3) is 0 Å². The van der Waals surface area contributed by atoms with Gasteiger partial charge in [0, 0.05) is 24.9 Å². The monoisotopic (exact) mass is 190 g/mol. The predicted octanol–water partition coefficient (Wildman–Crippen LogP) is 1.27. The molecule has 0 amide bonds. The number of aromatic nitrogens is 2. The van der Waals surface area contributed by atoms with Gasteiger partial charge in [-0.05, 0) is 6.42 Å². The molecule has 0 bridgehead atoms. The smallest absolute Gasteiger partial charge is 0.169 e. The summed E-state index contributed by atoms with van der Waals surface area (Å²) in [5, 5.41) is 3.16. The molecule has 0 saturated heterocycles. The van der Waals surface area contributed by atoms with Crippen molar-refractivity contribution in [1.29, 1.82) is 0 Å². The molecule has 0 aliphatic heterocycles. The van der Waals surface area contributed by atoms with E-state index in [1.807, 2.05) is 0 Å². The van der Waals surface area contributed by atoms with Crippen molar-refractivity contribution >= 4 is 11.6 Å². The zero-order valence-corrected chi connectivity index (χ0v) is 8.20. The summed E-state index contributed by atoms with van der Waals surface area (Å²) in [4.78, 5) is 8.01. The van der Waals surface area contributed by atoms with Crippen LogP contribution in [0.5, 0.6) is 0 Å². The minimum atomic E-state index is 0.207. The van der Waals surface area contributed by atoms with Gasteiger partial charge in [0.05, 0.1) is 0 Å². The van der Waals surface area contributed by atoms with Gasteiger partial charge < -0.3 is 11.1 Å². The number of nitrogens with two attached hydrogens (primary N) is 1. The van der Waals surface area contributed by atoms with Crippen molar-refractivity contribution in [3.05, 3.63) is 12.4 Å². The zero-order valence-electron chi connectivity index (χ0n) is 8.20. The average Bonchev–Trinajstić information content (AvgIpc) is 2.20. The molecule has 0 spiro atoms. The molecule has 0 saturated carbocycles. The highest BCUT2D eigenvalue weighted by Crippen LogP contribution is 2.13. The van der Waals surface area contributed by atoms with Crippen molar-refractivity contribution in [2.45, 2.75) is 25.8 Å². The highest BCUT2D eigenvalue weighted by molar-refractivity contribution is 5.55. The summed E-state index contributed by atoms with van der Waals surface area (Å²) < 4.78 is 0. The fraction of sp³-hybridized carbons (Fsp3) is 0.400. The van der Waals surface area contributed by atoms with Gasteiger partial charge in [-0.15, -0.1) is 12.3 Å². The van der Waals surface area contributed by atoms with Crippen LogP contribution in [-0.2, 0) is 0 Å². The average molecular weight is 190 g/mol. The summed E-state index contributed by atoms with van der Waals surface area (Å²) in [5.74, 6) is 3.62. The molecule has 3 N–H and O–H groups in total. The van der Waals surface area contributed by atoms with Crippen LogP contribution in [0.3, 0.4) is 0 Å². The van der Waals surface area contributed by atoms with E-state index in [0.717, 1.165) is 6.42 Å². The van der Waals surface area contributed by atoms with E-state index >= 15 is 0 Å². The molecule has 1 aromatic rings. The molecule has 4 nitrogen and oxygen atoms in total. The second-order valence-corrected chi connectivity index (χ2v) is 2.95. The summed E-state index contributed by atoms with van der Waals surface area (Å²) in [6.07, 6.45) is 9.99. The van der Waals surface area contributed by atoms with Crippen molar-refractivity contribution in [3.63, 3.8) is 0 Å². The quantitative estimate of drug-likeness (QED) is 0.702. The zero-order chi connectivity index (χ0) is 10.4. The van der Waals surface area contributed by atoms with Crippen LogP contribution < -0.4 is 11.1 Å². The number of nitrogens with one attached hydrogen (secondary N) is 1. The van der Waals surface area contributed by atoms with Gasteiger partial charge in [0.1, 0.15) is 0 Å². The number of anilines is 2. The van der Waals surface area contributed by atoms with Gasteiger partial charge in [0.25, 0.3) is 0 Å². The van der Waals surface area contributed by atoms with E-state index in [-0.39, 0.29) is 6.04 Å². The Bertz CT molecular complexity index is 329. The molecule has 0 aromatic carbocycles. The van der Waals surface area contributed by atoms with Crippen LogP contribution in [0, 0.1) is 12.3 Å². The number of hydrogen-bond acceptors (Lipinski definition) is 4. The first kappa shape index (κ1) is 10.3. The molecule has 1 unspecified atom stereocenters. The largest absolute Gasteiger partial charge is 0.381 e. The van der Waals surface area contributed by atoms with E-state index in [4.69, 9.17) is 12.2 Å². The number of nitrogen functional groups attached to an aromatic ring is 1. The molecular weight excluding hydrogens is 176 g/mol. The van der Waals surface area contributed by atoms with E-state index in [1.54, 1.807) is 12.4 Å². The standard InChI is InChI=1S/C10H14N4/c1-3-5-8(4-2)14-10-9(11)12-6-7-13-10/h1,6-8H,4-5H2,2H3,(H2,11,12)(H,13,14). The van der Waals surface area contributed by atoms with Gasteiger partial charge in [-0.3, -0.25) is 0 Å². The minimum Gasteiger partial charge on any atom is -0.381 e. The third kappa shape index (κ3) is 2.63. The molecule has 1 atom stereocenters. The van der Waals surface area contributed by atoms with Crippen molar-refractivity contribution in [1.82, 2.24) is 9.97 Å². The van der Waals surface area contributed by atoms with Gasteiger partial charge in [0.2, 0.25) is 0 Å². The van der Waals surface area contributed by atoms with E-state index in [9.17, 15) is 0 Å². The molecule has 1 heterocycles. The molecule has 0 radical (unpaired) electrons. The van der Waals surface area contributed by atoms with Crippen molar-refractivity contribution in [2.24, 2.45) is 0 Å². The lowest BCUT2D eigenvalue weighted by atomic mass is 10.1. The number of hydrogen-bond donors (Lipinski definition) is 2. The van der Waals surface area contributed by atoms with E-state index in [0.29, 0.717) is 18.1 Å². The Hall–Kier alpha value is -1.76. The minimum absolute atomic E-state index is 0.207. The maximum Gasteiger partial charge on any atom is 0.169 e. The van der Waals surface area contributed by atoms with Crippen molar-refractivity contribution < 1.29 is 0 Å². The molecule has 1 aromatic heterocycles. The predicted molar refractivity (Wildman–Crippen MR) is 57.6 cm³/mol. The number of rotatable bonds is 4. The van der Waals surface area contributed by atoms with Crippen molar-refractivity contribution in [3.8, 4) is 12.3 Å². The lowest BCUT2D eigenvalue weighted by Gasteiger charge is -2.15. The summed E-state index contributed by atoms with van der Waals surface area (Å²) in [6.45, 7) is 2.06. The summed E-state index contributed by atoms with van der Waals surface area (Å²) >= 11 is 0. The highest BCUT2D eigenvalue weighted by Gasteiger charge is 2.07. The summed E-state index contributed by atoms with van der Waals surface area (Å²) in [7, 11) is 0. The second-order valence-electron chi connectivity index (χ2n) is 2.95. The van der Waals surface area contributed by atoms with Crippen LogP contribution in [0.1, 0.15) is 19.8 Å². The Morgan fingerprint density at radius 2 is 2.29 bits per heavy atom. The maximum absolute atomic E-state index is 5.63. The van der Waals surface area contributed by atoms with Crippen molar-refractivity contribution in [2.75, 3.05) is 11.1 Å². The lowest BCUT2D eigenvalue weighted by molar-refractivity contribution is 0.711. The molecule has 0 aliphatic carbocycles. The topological polar surface area (TPSA) is 63.8 Å². The maximum atomic E-state index is 5.63. The van der Waals surface area contributed by atoms with Gasteiger partial charge in [-0.1, -0.05) is 6.92 Å². The third-order valence-electron chi connectivity index (χ3n) is 1.92. The van der Waals surface area contributed by atoms with Crippen LogP contribution in [0.4, 0.5) is 11.6 Å². The van der Waals surface area contributed by atoms with E-state index in [2.05, 4.69) is 28.1 Å². The molecule has 0 aliphatic rings. The molecule has 0 fully saturated rings. The van der Waals surface area contributed by atoms with Crippen LogP contribution >= 0.6 is 0 Å². The lowest BCUT2D eigenvalue weighted by Crippen LogP contribution is -2.19. The molecule has 4 heteroatoms. The van der Waals surface area contributed by atoms with Gasteiger partial charge in [0.15, 0.2) is 11.6 Å². The van der Waals surface area contributed by atoms with E-state index < -0.39 is 0 Å². The van der Waals surface area contributed by atoms with Gasteiger partial charge in [-0.25, -0.2) is 9.97 Å².